The lowest BCUT2D eigenvalue weighted by molar-refractivity contribution is 1.06. The van der Waals surface area contributed by atoms with Crippen LogP contribution in [-0.4, -0.2) is 9.97 Å². The second kappa shape index (κ2) is 6.48. The third-order valence-corrected chi connectivity index (χ3v) is 3.65. The third-order valence-electron chi connectivity index (χ3n) is 3.65. The molecule has 3 aromatic rings. The summed E-state index contributed by atoms with van der Waals surface area (Å²) in [5.74, 6) is 2.28. The highest BCUT2D eigenvalue weighted by atomic mass is 15.1. The Bertz CT molecular complexity index is 761. The van der Waals surface area contributed by atoms with E-state index in [2.05, 4.69) is 46.6 Å². The number of aryl methyl sites for hydroxylation is 3. The summed E-state index contributed by atoms with van der Waals surface area (Å²) in [5.41, 5.74) is 4.45. The summed E-state index contributed by atoms with van der Waals surface area (Å²) in [6, 6.07) is 18.2. The monoisotopic (exact) mass is 304 g/mol. The average molecular weight is 304 g/mol. The molecule has 0 radical (unpaired) electrons. The Morgan fingerprint density at radius 2 is 1.09 bits per heavy atom. The summed E-state index contributed by atoms with van der Waals surface area (Å²) in [5, 5.41) is 6.73. The molecule has 23 heavy (non-hydrogen) atoms. The number of nitrogens with one attached hydrogen (secondary N) is 2. The normalized spacial score (nSPS) is 10.4. The molecule has 2 aromatic carbocycles. The number of hydrogen-bond donors (Lipinski definition) is 2. The predicted molar refractivity (Wildman–Crippen MR) is 95.7 cm³/mol. The van der Waals surface area contributed by atoms with E-state index in [1.54, 1.807) is 0 Å². The highest BCUT2D eigenvalue weighted by Crippen LogP contribution is 2.23. The minimum atomic E-state index is 0.722. The number of aromatic nitrogens is 2. The molecule has 0 fully saturated rings. The van der Waals surface area contributed by atoms with Crippen molar-refractivity contribution in [1.29, 1.82) is 0 Å². The molecule has 0 saturated heterocycles. The van der Waals surface area contributed by atoms with Crippen LogP contribution in [0.5, 0.6) is 0 Å². The average Bonchev–Trinajstić information content (AvgIpc) is 2.51. The summed E-state index contributed by atoms with van der Waals surface area (Å²) >= 11 is 0. The van der Waals surface area contributed by atoms with Gasteiger partial charge in [0.25, 0.3) is 0 Å². The van der Waals surface area contributed by atoms with Crippen molar-refractivity contribution in [3.8, 4) is 0 Å². The molecule has 116 valence electrons. The molecule has 1 aromatic heterocycles. The van der Waals surface area contributed by atoms with Crippen LogP contribution in [0.1, 0.15) is 17.0 Å². The molecule has 0 aliphatic rings. The maximum absolute atomic E-state index is 4.47. The van der Waals surface area contributed by atoms with E-state index in [4.69, 9.17) is 0 Å². The summed E-state index contributed by atoms with van der Waals surface area (Å²) in [7, 11) is 0. The summed E-state index contributed by atoms with van der Waals surface area (Å²) in [6.07, 6.45) is 0. The molecule has 0 spiro atoms. The first kappa shape index (κ1) is 15.0. The lowest BCUT2D eigenvalue weighted by atomic mass is 10.2. The molecule has 0 atom stereocenters. The van der Waals surface area contributed by atoms with Gasteiger partial charge in [0.05, 0.1) is 0 Å². The molecule has 0 aliphatic heterocycles. The minimum Gasteiger partial charge on any atom is -0.340 e. The maximum atomic E-state index is 4.47. The van der Waals surface area contributed by atoms with Gasteiger partial charge < -0.3 is 10.6 Å². The van der Waals surface area contributed by atoms with E-state index in [1.807, 2.05) is 49.4 Å². The Morgan fingerprint density at radius 3 is 1.52 bits per heavy atom. The number of anilines is 4. The molecular weight excluding hydrogens is 284 g/mol. The van der Waals surface area contributed by atoms with Crippen LogP contribution in [0.3, 0.4) is 0 Å². The molecular formula is C19H20N4. The fourth-order valence-corrected chi connectivity index (χ4v) is 2.40. The molecule has 0 aliphatic carbocycles. The van der Waals surface area contributed by atoms with Crippen molar-refractivity contribution >= 4 is 23.0 Å². The van der Waals surface area contributed by atoms with Crippen LogP contribution < -0.4 is 10.6 Å². The largest absolute Gasteiger partial charge is 0.340 e. The van der Waals surface area contributed by atoms with Crippen LogP contribution in [0.4, 0.5) is 23.0 Å². The van der Waals surface area contributed by atoms with Gasteiger partial charge in [-0.05, 0) is 44.0 Å². The van der Waals surface area contributed by atoms with E-state index < -0.39 is 0 Å². The Kier molecular flexibility index (Phi) is 4.24. The van der Waals surface area contributed by atoms with Crippen LogP contribution in [0, 0.1) is 20.8 Å². The van der Waals surface area contributed by atoms with Gasteiger partial charge in [-0.1, -0.05) is 36.4 Å². The zero-order valence-corrected chi connectivity index (χ0v) is 13.6. The van der Waals surface area contributed by atoms with E-state index in [0.29, 0.717) is 0 Å². The SMILES string of the molecule is Cc1nc(Nc2ccccc2C)cc(Nc2ccccc2C)n1. The predicted octanol–water partition coefficient (Wildman–Crippen LogP) is 4.89. The zero-order valence-electron chi connectivity index (χ0n) is 13.6. The van der Waals surface area contributed by atoms with Gasteiger partial charge in [0.2, 0.25) is 0 Å². The molecule has 1 heterocycles. The lowest BCUT2D eigenvalue weighted by Gasteiger charge is -2.12. The Labute approximate surface area is 136 Å². The van der Waals surface area contributed by atoms with Gasteiger partial charge in [0.15, 0.2) is 0 Å². The van der Waals surface area contributed by atoms with E-state index >= 15 is 0 Å². The van der Waals surface area contributed by atoms with E-state index in [1.165, 1.54) is 11.1 Å². The Hall–Kier alpha value is -2.88. The van der Waals surface area contributed by atoms with Gasteiger partial charge in [-0.25, -0.2) is 9.97 Å². The number of para-hydroxylation sites is 2. The van der Waals surface area contributed by atoms with Gasteiger partial charge in [-0.3, -0.25) is 0 Å². The van der Waals surface area contributed by atoms with Crippen LogP contribution in [-0.2, 0) is 0 Å². The number of nitrogens with zero attached hydrogens (tertiary/aromatic N) is 2. The molecule has 0 amide bonds. The summed E-state index contributed by atoms with van der Waals surface area (Å²) in [6.45, 7) is 6.04. The minimum absolute atomic E-state index is 0.722. The molecule has 3 rings (SSSR count). The lowest BCUT2D eigenvalue weighted by Crippen LogP contribution is -2.02. The molecule has 4 heteroatoms. The van der Waals surface area contributed by atoms with Crippen molar-refractivity contribution in [2.45, 2.75) is 20.8 Å². The summed E-state index contributed by atoms with van der Waals surface area (Å²) < 4.78 is 0. The highest BCUT2D eigenvalue weighted by Gasteiger charge is 2.05. The first-order valence-electron chi connectivity index (χ1n) is 7.63. The van der Waals surface area contributed by atoms with Crippen molar-refractivity contribution in [1.82, 2.24) is 9.97 Å². The quantitative estimate of drug-likeness (QED) is 0.720. The van der Waals surface area contributed by atoms with Gasteiger partial charge >= 0.3 is 0 Å². The molecule has 4 nitrogen and oxygen atoms in total. The van der Waals surface area contributed by atoms with E-state index in [9.17, 15) is 0 Å². The standard InChI is InChI=1S/C19H20N4/c1-13-8-4-6-10-16(13)22-18-12-19(21-15(3)20-18)23-17-11-7-5-9-14(17)2/h4-12H,1-3H3,(H2,20,21,22,23). The number of rotatable bonds is 4. The van der Waals surface area contributed by atoms with Crippen LogP contribution in [0.2, 0.25) is 0 Å². The van der Waals surface area contributed by atoms with Crippen molar-refractivity contribution in [2.24, 2.45) is 0 Å². The molecule has 0 unspecified atom stereocenters. The molecule has 2 N–H and O–H groups in total. The second-order valence-electron chi connectivity index (χ2n) is 5.57. The first-order chi connectivity index (χ1) is 11.1. The molecule has 0 bridgehead atoms. The first-order valence-corrected chi connectivity index (χ1v) is 7.63. The fourth-order valence-electron chi connectivity index (χ4n) is 2.40. The smallest absolute Gasteiger partial charge is 0.136 e. The van der Waals surface area contributed by atoms with Crippen LogP contribution in [0.25, 0.3) is 0 Å². The Balaban J connectivity index is 1.88. The van der Waals surface area contributed by atoms with Crippen molar-refractivity contribution in [3.05, 3.63) is 71.5 Å². The number of hydrogen-bond acceptors (Lipinski definition) is 4. The topological polar surface area (TPSA) is 49.8 Å². The van der Waals surface area contributed by atoms with E-state index in [0.717, 1.165) is 28.8 Å². The fraction of sp³-hybridized carbons (Fsp3) is 0.158. The summed E-state index contributed by atoms with van der Waals surface area (Å²) in [4.78, 5) is 8.94. The van der Waals surface area contributed by atoms with Gasteiger partial charge in [-0.2, -0.15) is 0 Å². The van der Waals surface area contributed by atoms with E-state index in [-0.39, 0.29) is 0 Å². The zero-order chi connectivity index (χ0) is 16.2. The van der Waals surface area contributed by atoms with Gasteiger partial charge in [0, 0.05) is 17.4 Å². The highest BCUT2D eigenvalue weighted by molar-refractivity contribution is 5.66. The van der Waals surface area contributed by atoms with Crippen LogP contribution in [0.15, 0.2) is 54.6 Å². The van der Waals surface area contributed by atoms with Gasteiger partial charge in [-0.15, -0.1) is 0 Å². The van der Waals surface area contributed by atoms with Crippen molar-refractivity contribution in [2.75, 3.05) is 10.6 Å². The molecule has 0 saturated carbocycles. The second-order valence-corrected chi connectivity index (χ2v) is 5.57. The third kappa shape index (κ3) is 3.66. The maximum Gasteiger partial charge on any atom is 0.136 e. The van der Waals surface area contributed by atoms with Crippen molar-refractivity contribution < 1.29 is 0 Å². The van der Waals surface area contributed by atoms with Gasteiger partial charge in [0.1, 0.15) is 17.5 Å². The van der Waals surface area contributed by atoms with Crippen LogP contribution >= 0.6 is 0 Å². The Morgan fingerprint density at radius 1 is 0.652 bits per heavy atom. The van der Waals surface area contributed by atoms with Crippen molar-refractivity contribution in [3.63, 3.8) is 0 Å². The number of benzene rings is 2.